The Morgan fingerprint density at radius 1 is 0.667 bits per heavy atom. The van der Waals surface area contributed by atoms with Crippen molar-refractivity contribution >= 4 is 0 Å². The Labute approximate surface area is 134 Å². The summed E-state index contributed by atoms with van der Waals surface area (Å²) in [6, 6.07) is 0. The smallest absolute Gasteiger partial charge is 0.189 e. The summed E-state index contributed by atoms with van der Waals surface area (Å²) < 4.78 is 0.758. The average Bonchev–Trinajstić information content (AvgIpc) is 2.47. The SMILES string of the molecule is CCCCCCCCCCCCCC[N+](C)(C)C(O)CC. The molecule has 0 heterocycles. The van der Waals surface area contributed by atoms with E-state index in [9.17, 15) is 5.11 Å². The molecule has 0 rings (SSSR count). The number of unbranched alkanes of at least 4 members (excludes halogenated alkanes) is 11. The predicted molar refractivity (Wildman–Crippen MR) is 94.4 cm³/mol. The second kappa shape index (κ2) is 13.6. The molecule has 0 radical (unpaired) electrons. The van der Waals surface area contributed by atoms with Gasteiger partial charge in [0.25, 0.3) is 0 Å². The molecule has 0 aromatic carbocycles. The van der Waals surface area contributed by atoms with Gasteiger partial charge in [-0.05, 0) is 12.8 Å². The van der Waals surface area contributed by atoms with Crippen LogP contribution in [0.15, 0.2) is 0 Å². The molecule has 0 aromatic rings. The Kier molecular flexibility index (Phi) is 13.5. The molecule has 0 saturated carbocycles. The molecule has 0 aliphatic rings. The van der Waals surface area contributed by atoms with Gasteiger partial charge in [-0.3, -0.25) is 0 Å². The molecule has 0 aliphatic heterocycles. The van der Waals surface area contributed by atoms with Crippen LogP contribution in [0.4, 0.5) is 0 Å². The standard InChI is InChI=1S/C19H42NO/c1-5-7-8-9-10-11-12-13-14-15-16-17-18-20(3,4)19(21)6-2/h19,21H,5-18H2,1-4H3/q+1. The normalized spacial score (nSPS) is 13.6. The number of rotatable bonds is 15. The van der Waals surface area contributed by atoms with E-state index in [2.05, 4.69) is 27.9 Å². The number of hydrogen-bond donors (Lipinski definition) is 1. The van der Waals surface area contributed by atoms with Gasteiger partial charge in [-0.1, -0.05) is 78.1 Å². The molecule has 0 spiro atoms. The van der Waals surface area contributed by atoms with E-state index in [1.807, 2.05) is 0 Å². The van der Waals surface area contributed by atoms with Crippen LogP contribution in [0.1, 0.15) is 97.3 Å². The lowest BCUT2D eigenvalue weighted by molar-refractivity contribution is -0.937. The zero-order valence-corrected chi connectivity index (χ0v) is 15.4. The Morgan fingerprint density at radius 3 is 1.43 bits per heavy atom. The van der Waals surface area contributed by atoms with E-state index in [1.54, 1.807) is 0 Å². The van der Waals surface area contributed by atoms with Crippen LogP contribution in [0.25, 0.3) is 0 Å². The summed E-state index contributed by atoms with van der Waals surface area (Å²) in [5.74, 6) is 0. The van der Waals surface area contributed by atoms with Crippen molar-refractivity contribution in [1.29, 1.82) is 0 Å². The van der Waals surface area contributed by atoms with Gasteiger partial charge >= 0.3 is 0 Å². The number of aliphatic hydroxyl groups excluding tert-OH is 1. The fourth-order valence-corrected chi connectivity index (χ4v) is 3.00. The van der Waals surface area contributed by atoms with Crippen LogP contribution in [-0.4, -0.2) is 36.5 Å². The summed E-state index contributed by atoms with van der Waals surface area (Å²) in [5, 5.41) is 9.94. The highest BCUT2D eigenvalue weighted by Crippen LogP contribution is 2.14. The summed E-state index contributed by atoms with van der Waals surface area (Å²) >= 11 is 0. The van der Waals surface area contributed by atoms with Gasteiger partial charge in [-0.2, -0.15) is 0 Å². The largest absolute Gasteiger partial charge is 0.345 e. The molecular formula is C19H42NO+. The molecule has 21 heavy (non-hydrogen) atoms. The van der Waals surface area contributed by atoms with Gasteiger partial charge in [0, 0.05) is 6.42 Å². The van der Waals surface area contributed by atoms with E-state index in [-0.39, 0.29) is 6.23 Å². The third kappa shape index (κ3) is 12.2. The quantitative estimate of drug-likeness (QED) is 0.241. The van der Waals surface area contributed by atoms with Crippen molar-refractivity contribution in [3.63, 3.8) is 0 Å². The summed E-state index contributed by atoms with van der Waals surface area (Å²) in [6.07, 6.45) is 17.4. The maximum atomic E-state index is 9.94. The van der Waals surface area contributed by atoms with Crippen LogP contribution >= 0.6 is 0 Å². The Hall–Kier alpha value is -0.0800. The highest BCUT2D eigenvalue weighted by molar-refractivity contribution is 4.49. The van der Waals surface area contributed by atoms with Crippen LogP contribution in [0.3, 0.4) is 0 Å². The van der Waals surface area contributed by atoms with Crippen LogP contribution in [0.2, 0.25) is 0 Å². The topological polar surface area (TPSA) is 20.2 Å². The lowest BCUT2D eigenvalue weighted by atomic mass is 10.1. The number of hydrogen-bond acceptors (Lipinski definition) is 1. The van der Waals surface area contributed by atoms with E-state index in [0.29, 0.717) is 0 Å². The maximum Gasteiger partial charge on any atom is 0.189 e. The molecule has 0 bridgehead atoms. The summed E-state index contributed by atoms with van der Waals surface area (Å²) in [4.78, 5) is 0. The van der Waals surface area contributed by atoms with Gasteiger partial charge in [0.15, 0.2) is 6.23 Å². The monoisotopic (exact) mass is 300 g/mol. The molecule has 0 amide bonds. The molecule has 2 heteroatoms. The van der Waals surface area contributed by atoms with Crippen LogP contribution in [0.5, 0.6) is 0 Å². The number of quaternary nitrogens is 1. The molecule has 0 fully saturated rings. The first-order chi connectivity index (χ1) is 10.0. The first kappa shape index (κ1) is 20.9. The zero-order chi connectivity index (χ0) is 16.0. The minimum Gasteiger partial charge on any atom is -0.345 e. The molecule has 1 unspecified atom stereocenters. The average molecular weight is 301 g/mol. The van der Waals surface area contributed by atoms with Gasteiger partial charge in [0.05, 0.1) is 20.6 Å². The van der Waals surface area contributed by atoms with E-state index in [4.69, 9.17) is 0 Å². The van der Waals surface area contributed by atoms with E-state index >= 15 is 0 Å². The fourth-order valence-electron chi connectivity index (χ4n) is 3.00. The van der Waals surface area contributed by atoms with Gasteiger partial charge in [0.2, 0.25) is 0 Å². The number of aliphatic hydroxyl groups is 1. The summed E-state index contributed by atoms with van der Waals surface area (Å²) in [6.45, 7) is 5.45. The second-order valence-electron chi connectivity index (χ2n) is 7.28. The molecule has 0 aliphatic carbocycles. The van der Waals surface area contributed by atoms with Crippen LogP contribution in [0, 0.1) is 0 Å². The van der Waals surface area contributed by atoms with Crippen molar-refractivity contribution < 1.29 is 9.59 Å². The van der Waals surface area contributed by atoms with Crippen LogP contribution in [-0.2, 0) is 0 Å². The Balaban J connectivity index is 3.26. The first-order valence-corrected chi connectivity index (χ1v) is 9.55. The molecule has 1 N–H and O–H groups in total. The minimum atomic E-state index is -0.197. The van der Waals surface area contributed by atoms with E-state index < -0.39 is 0 Å². The molecule has 128 valence electrons. The highest BCUT2D eigenvalue weighted by atomic mass is 16.3. The van der Waals surface area contributed by atoms with Crippen molar-refractivity contribution in [2.24, 2.45) is 0 Å². The fraction of sp³-hybridized carbons (Fsp3) is 1.00. The predicted octanol–water partition coefficient (Wildman–Crippen LogP) is 5.49. The zero-order valence-electron chi connectivity index (χ0n) is 15.4. The summed E-state index contributed by atoms with van der Waals surface area (Å²) in [7, 11) is 4.29. The van der Waals surface area contributed by atoms with Crippen molar-refractivity contribution in [3.8, 4) is 0 Å². The van der Waals surface area contributed by atoms with E-state index in [0.717, 1.165) is 17.4 Å². The van der Waals surface area contributed by atoms with Crippen molar-refractivity contribution in [1.82, 2.24) is 0 Å². The minimum absolute atomic E-state index is 0.197. The number of nitrogens with zero attached hydrogens (tertiary/aromatic N) is 1. The second-order valence-corrected chi connectivity index (χ2v) is 7.28. The molecule has 0 saturated heterocycles. The van der Waals surface area contributed by atoms with E-state index in [1.165, 1.54) is 77.0 Å². The Bertz CT molecular complexity index is 216. The molecule has 0 aromatic heterocycles. The third-order valence-corrected chi connectivity index (χ3v) is 4.76. The van der Waals surface area contributed by atoms with Gasteiger partial charge in [-0.15, -0.1) is 0 Å². The van der Waals surface area contributed by atoms with Crippen LogP contribution < -0.4 is 0 Å². The van der Waals surface area contributed by atoms with Gasteiger partial charge in [0.1, 0.15) is 0 Å². The van der Waals surface area contributed by atoms with Gasteiger partial charge in [-0.25, -0.2) is 0 Å². The lowest BCUT2D eigenvalue weighted by Crippen LogP contribution is -2.49. The third-order valence-electron chi connectivity index (χ3n) is 4.76. The van der Waals surface area contributed by atoms with Crippen molar-refractivity contribution in [2.75, 3.05) is 20.6 Å². The maximum absolute atomic E-state index is 9.94. The summed E-state index contributed by atoms with van der Waals surface area (Å²) in [5.41, 5.74) is 0. The molecule has 1 atom stereocenters. The van der Waals surface area contributed by atoms with Crippen molar-refractivity contribution in [2.45, 2.75) is 104 Å². The highest BCUT2D eigenvalue weighted by Gasteiger charge is 2.23. The van der Waals surface area contributed by atoms with Crippen molar-refractivity contribution in [3.05, 3.63) is 0 Å². The lowest BCUT2D eigenvalue weighted by Gasteiger charge is -2.34. The molecule has 2 nitrogen and oxygen atoms in total. The Morgan fingerprint density at radius 2 is 1.05 bits per heavy atom. The molecular weight excluding hydrogens is 258 g/mol. The first-order valence-electron chi connectivity index (χ1n) is 9.55. The van der Waals surface area contributed by atoms with Gasteiger partial charge < -0.3 is 9.59 Å².